The molecule has 1 saturated carbocycles. The van der Waals surface area contributed by atoms with Crippen LogP contribution < -0.4 is 0 Å². The van der Waals surface area contributed by atoms with Gasteiger partial charge in [-0.1, -0.05) is 48.7 Å². The molecule has 4 heteroatoms. The van der Waals surface area contributed by atoms with Gasteiger partial charge in [0.05, 0.1) is 0 Å². The minimum atomic E-state index is -0.637. The van der Waals surface area contributed by atoms with Crippen molar-refractivity contribution in [2.45, 2.75) is 44.6 Å². The topological polar surface area (TPSA) is 21.6 Å². The predicted molar refractivity (Wildman–Crippen MR) is 90.0 cm³/mol. The Morgan fingerprint density at radius 1 is 1.00 bits per heavy atom. The van der Waals surface area contributed by atoms with Crippen LogP contribution in [0.3, 0.4) is 0 Å². The van der Waals surface area contributed by atoms with Gasteiger partial charge in [0.15, 0.2) is 0 Å². The summed E-state index contributed by atoms with van der Waals surface area (Å²) in [6.07, 6.45) is 9.29. The van der Waals surface area contributed by atoms with E-state index in [-0.39, 0.29) is 12.2 Å². The summed E-state index contributed by atoms with van der Waals surface area (Å²) < 4.78 is 26.2. The minimum Gasteiger partial charge on any atom is -0.390 e. The van der Waals surface area contributed by atoms with Crippen LogP contribution in [0.2, 0.25) is 0 Å². The maximum Gasteiger partial charge on any atom is 0.145 e. The molecule has 0 aliphatic heterocycles. The molecule has 0 saturated heterocycles. The molecule has 1 aliphatic rings. The zero-order valence-electron chi connectivity index (χ0n) is 13.5. The third-order valence-electron chi connectivity index (χ3n) is 4.46. The van der Waals surface area contributed by atoms with E-state index in [1.807, 2.05) is 12.1 Å². The molecule has 1 fully saturated rings. The molecule has 0 aromatic heterocycles. The van der Waals surface area contributed by atoms with E-state index >= 15 is 0 Å². The van der Waals surface area contributed by atoms with Gasteiger partial charge in [-0.25, -0.2) is 8.78 Å². The Morgan fingerprint density at radius 2 is 1.75 bits per heavy atom. The second kappa shape index (κ2) is 8.04. The first kappa shape index (κ1) is 16.6. The van der Waals surface area contributed by atoms with Gasteiger partial charge in [0.25, 0.3) is 0 Å². The summed E-state index contributed by atoms with van der Waals surface area (Å²) in [5.41, 5.74) is 2.44. The molecule has 0 unspecified atom stereocenters. The van der Waals surface area contributed by atoms with Gasteiger partial charge in [-0.05, 0) is 36.5 Å². The molecule has 2 aromatic carbocycles. The largest absolute Gasteiger partial charge is 0.390 e. The Bertz CT molecular complexity index is 691. The van der Waals surface area contributed by atoms with Crippen LogP contribution in [0.5, 0.6) is 0 Å². The standard InChI is InChI=1S/C20H20F2NO/c21-19-11-10-18(20(22)12-19)14-24-23-13-15-6-8-17(9-7-15)16-4-2-1-3-5-16/h6-12,16H,1-5,14H2. The van der Waals surface area contributed by atoms with E-state index in [9.17, 15) is 8.78 Å². The molecule has 0 spiro atoms. The summed E-state index contributed by atoms with van der Waals surface area (Å²) in [6.45, 7) is -0.0563. The summed E-state index contributed by atoms with van der Waals surface area (Å²) in [4.78, 5) is 5.04. The molecular weight excluding hydrogens is 308 g/mol. The molecule has 0 N–H and O–H groups in total. The SMILES string of the molecule is Fc1ccc(CO/N=[C]\c2ccc(C3CCCCC3)cc2)c(F)c1. The minimum absolute atomic E-state index is 0.0563. The van der Waals surface area contributed by atoms with Crippen LogP contribution in [-0.4, -0.2) is 6.21 Å². The summed E-state index contributed by atoms with van der Waals surface area (Å²) in [7, 11) is 0. The molecule has 2 aromatic rings. The molecular formula is C20H20F2NO. The van der Waals surface area contributed by atoms with Gasteiger partial charge in [0.1, 0.15) is 24.5 Å². The van der Waals surface area contributed by atoms with Crippen molar-refractivity contribution in [3.63, 3.8) is 0 Å². The lowest BCUT2D eigenvalue weighted by Crippen LogP contribution is -2.04. The number of halogens is 2. The first-order chi connectivity index (χ1) is 11.7. The average Bonchev–Trinajstić information content (AvgIpc) is 2.61. The molecule has 125 valence electrons. The lowest BCUT2D eigenvalue weighted by molar-refractivity contribution is 0.129. The highest BCUT2D eigenvalue weighted by molar-refractivity contribution is 5.79. The Labute approximate surface area is 141 Å². The second-order valence-corrected chi connectivity index (χ2v) is 6.17. The van der Waals surface area contributed by atoms with Gasteiger partial charge in [-0.3, -0.25) is 0 Å². The van der Waals surface area contributed by atoms with Gasteiger partial charge in [0.2, 0.25) is 0 Å². The van der Waals surface area contributed by atoms with Crippen molar-refractivity contribution in [2.75, 3.05) is 0 Å². The van der Waals surface area contributed by atoms with E-state index in [4.69, 9.17) is 4.84 Å². The molecule has 2 nitrogen and oxygen atoms in total. The van der Waals surface area contributed by atoms with Crippen LogP contribution >= 0.6 is 0 Å². The zero-order valence-corrected chi connectivity index (χ0v) is 13.5. The lowest BCUT2D eigenvalue weighted by atomic mass is 9.84. The van der Waals surface area contributed by atoms with E-state index in [2.05, 4.69) is 23.5 Å². The third-order valence-corrected chi connectivity index (χ3v) is 4.46. The van der Waals surface area contributed by atoms with E-state index < -0.39 is 11.6 Å². The molecule has 3 rings (SSSR count). The zero-order chi connectivity index (χ0) is 16.8. The summed E-state index contributed by atoms with van der Waals surface area (Å²) in [5, 5.41) is 3.73. The van der Waals surface area contributed by atoms with Crippen LogP contribution in [0.4, 0.5) is 8.78 Å². The summed E-state index contributed by atoms with van der Waals surface area (Å²) >= 11 is 0. The normalized spacial score (nSPS) is 15.8. The Kier molecular flexibility index (Phi) is 5.57. The van der Waals surface area contributed by atoms with Crippen LogP contribution in [0.15, 0.2) is 47.6 Å². The fraction of sp³-hybridized carbons (Fsp3) is 0.350. The maximum atomic E-state index is 13.4. The Hall–Kier alpha value is -2.23. The number of nitrogens with zero attached hydrogens (tertiary/aromatic N) is 1. The van der Waals surface area contributed by atoms with Gasteiger partial charge in [0, 0.05) is 17.2 Å². The van der Waals surface area contributed by atoms with E-state index in [0.717, 1.165) is 11.6 Å². The van der Waals surface area contributed by atoms with Gasteiger partial charge < -0.3 is 4.84 Å². The summed E-state index contributed by atoms with van der Waals surface area (Å²) in [5.74, 6) is -0.575. The van der Waals surface area contributed by atoms with Crippen molar-refractivity contribution >= 4 is 6.21 Å². The smallest absolute Gasteiger partial charge is 0.145 e. The third kappa shape index (κ3) is 4.40. The first-order valence-corrected chi connectivity index (χ1v) is 8.34. The highest BCUT2D eigenvalue weighted by Crippen LogP contribution is 2.32. The number of hydrogen-bond acceptors (Lipinski definition) is 2. The van der Waals surface area contributed by atoms with Crippen LogP contribution in [0.25, 0.3) is 0 Å². The van der Waals surface area contributed by atoms with Crippen LogP contribution in [0, 0.1) is 11.6 Å². The number of rotatable bonds is 5. The Balaban J connectivity index is 1.52. The number of hydrogen-bond donors (Lipinski definition) is 0. The van der Waals surface area contributed by atoms with Crippen molar-refractivity contribution < 1.29 is 13.6 Å². The van der Waals surface area contributed by atoms with Crippen molar-refractivity contribution in [1.29, 1.82) is 0 Å². The maximum absolute atomic E-state index is 13.4. The molecule has 0 bridgehead atoms. The molecule has 0 heterocycles. The summed E-state index contributed by atoms with van der Waals surface area (Å²) in [6, 6.07) is 11.5. The highest BCUT2D eigenvalue weighted by Gasteiger charge is 2.14. The highest BCUT2D eigenvalue weighted by atomic mass is 19.1. The van der Waals surface area contributed by atoms with E-state index in [1.165, 1.54) is 49.8 Å². The van der Waals surface area contributed by atoms with Crippen molar-refractivity contribution in [3.8, 4) is 0 Å². The van der Waals surface area contributed by atoms with Crippen molar-refractivity contribution in [1.82, 2.24) is 0 Å². The second-order valence-electron chi connectivity index (χ2n) is 6.17. The lowest BCUT2D eigenvalue weighted by Gasteiger charge is -2.21. The molecule has 0 atom stereocenters. The molecule has 0 amide bonds. The van der Waals surface area contributed by atoms with Crippen molar-refractivity contribution in [3.05, 3.63) is 70.8 Å². The van der Waals surface area contributed by atoms with E-state index in [0.29, 0.717) is 5.92 Å². The fourth-order valence-electron chi connectivity index (χ4n) is 3.09. The monoisotopic (exact) mass is 328 g/mol. The van der Waals surface area contributed by atoms with Gasteiger partial charge in [-0.2, -0.15) is 0 Å². The fourth-order valence-corrected chi connectivity index (χ4v) is 3.09. The molecule has 24 heavy (non-hydrogen) atoms. The predicted octanol–water partition coefficient (Wildman–Crippen LogP) is 5.44. The Morgan fingerprint density at radius 3 is 2.46 bits per heavy atom. The number of benzene rings is 2. The van der Waals surface area contributed by atoms with Gasteiger partial charge >= 0.3 is 0 Å². The van der Waals surface area contributed by atoms with Gasteiger partial charge in [-0.15, -0.1) is 0 Å². The molecule has 1 aliphatic carbocycles. The van der Waals surface area contributed by atoms with Crippen LogP contribution in [0.1, 0.15) is 54.7 Å². The van der Waals surface area contributed by atoms with Crippen molar-refractivity contribution in [2.24, 2.45) is 5.16 Å². The quantitative estimate of drug-likeness (QED) is 0.529. The first-order valence-electron chi connectivity index (χ1n) is 8.34. The van der Waals surface area contributed by atoms with Crippen LogP contribution in [-0.2, 0) is 11.4 Å². The average molecular weight is 328 g/mol. The molecule has 1 radical (unpaired) electrons. The van der Waals surface area contributed by atoms with E-state index in [1.54, 1.807) is 0 Å².